The molecule has 0 fully saturated rings. The highest BCUT2D eigenvalue weighted by atomic mass is 15.1. The molecule has 2 heterocycles. The Balaban J connectivity index is 2.05. The molecular formula is C16H22N4. The first-order chi connectivity index (χ1) is 9.71. The predicted octanol–water partition coefficient (Wildman–Crippen LogP) is 2.85. The Morgan fingerprint density at radius 1 is 1.20 bits per heavy atom. The topological polar surface area (TPSA) is 41.1 Å². The highest BCUT2D eigenvalue weighted by Gasteiger charge is 2.06. The maximum Gasteiger partial charge on any atom is 0.125 e. The van der Waals surface area contributed by atoms with E-state index in [1.165, 1.54) is 5.56 Å². The summed E-state index contributed by atoms with van der Waals surface area (Å²) in [6, 6.07) is 10.3. The van der Waals surface area contributed by atoms with Crippen LogP contribution in [0.25, 0.3) is 0 Å². The summed E-state index contributed by atoms with van der Waals surface area (Å²) in [5, 5.41) is 3.07. The molecule has 2 aromatic heterocycles. The Labute approximate surface area is 120 Å². The highest BCUT2D eigenvalue weighted by molar-refractivity contribution is 5.36. The van der Waals surface area contributed by atoms with E-state index >= 15 is 0 Å². The number of hydrogen-bond donors (Lipinski definition) is 1. The summed E-state index contributed by atoms with van der Waals surface area (Å²) in [7, 11) is 1.89. The number of aromatic nitrogens is 2. The normalized spacial score (nSPS) is 10.8. The minimum absolute atomic E-state index is 0.870. The van der Waals surface area contributed by atoms with Crippen LogP contribution in [0.3, 0.4) is 0 Å². The van der Waals surface area contributed by atoms with Gasteiger partial charge in [-0.15, -0.1) is 0 Å². The van der Waals surface area contributed by atoms with E-state index in [9.17, 15) is 0 Å². The second kappa shape index (κ2) is 7.01. The van der Waals surface area contributed by atoms with Gasteiger partial charge in [0, 0.05) is 32.0 Å². The Morgan fingerprint density at radius 3 is 2.75 bits per heavy atom. The van der Waals surface area contributed by atoms with E-state index in [0.29, 0.717) is 0 Å². The lowest BCUT2D eigenvalue weighted by atomic mass is 10.2. The minimum atomic E-state index is 0.870. The molecule has 0 saturated carbocycles. The molecule has 0 bridgehead atoms. The molecule has 0 saturated heterocycles. The Morgan fingerprint density at radius 2 is 2.05 bits per heavy atom. The summed E-state index contributed by atoms with van der Waals surface area (Å²) >= 11 is 0. The second-order valence-corrected chi connectivity index (χ2v) is 4.87. The largest absolute Gasteiger partial charge is 0.373 e. The molecule has 0 atom stereocenters. The molecule has 0 amide bonds. The van der Waals surface area contributed by atoms with Crippen LogP contribution in [0.1, 0.15) is 23.9 Å². The fraction of sp³-hybridized carbons (Fsp3) is 0.375. The molecule has 106 valence electrons. The van der Waals surface area contributed by atoms with Gasteiger partial charge in [0.05, 0.1) is 5.69 Å². The van der Waals surface area contributed by atoms with Crippen LogP contribution < -0.4 is 5.32 Å². The molecule has 20 heavy (non-hydrogen) atoms. The van der Waals surface area contributed by atoms with Crippen molar-refractivity contribution in [1.29, 1.82) is 0 Å². The third kappa shape index (κ3) is 4.03. The standard InChI is InChI=1S/C16H22N4/c1-4-20(12-15-7-5-6-13(2)19-15)11-14-8-9-18-16(10-14)17-3/h5-10H,4,11-12H2,1-3H3,(H,17,18). The maximum atomic E-state index is 4.57. The van der Waals surface area contributed by atoms with E-state index in [4.69, 9.17) is 0 Å². The molecule has 2 rings (SSSR count). The van der Waals surface area contributed by atoms with Gasteiger partial charge in [-0.3, -0.25) is 9.88 Å². The van der Waals surface area contributed by atoms with Gasteiger partial charge in [0.25, 0.3) is 0 Å². The van der Waals surface area contributed by atoms with Crippen LogP contribution in [0.4, 0.5) is 5.82 Å². The van der Waals surface area contributed by atoms with Gasteiger partial charge in [0.1, 0.15) is 5.82 Å². The van der Waals surface area contributed by atoms with Crippen LogP contribution in [-0.2, 0) is 13.1 Å². The third-order valence-electron chi connectivity index (χ3n) is 3.27. The van der Waals surface area contributed by atoms with E-state index in [1.807, 2.05) is 26.2 Å². The van der Waals surface area contributed by atoms with Crippen LogP contribution in [0.2, 0.25) is 0 Å². The SMILES string of the molecule is CCN(Cc1ccnc(NC)c1)Cc1cccc(C)n1. The molecule has 0 aliphatic heterocycles. The number of aryl methyl sites for hydroxylation is 1. The van der Waals surface area contributed by atoms with E-state index in [2.05, 4.69) is 51.4 Å². The molecule has 0 aromatic carbocycles. The molecule has 2 aromatic rings. The van der Waals surface area contributed by atoms with Gasteiger partial charge in [-0.25, -0.2) is 4.98 Å². The molecule has 0 radical (unpaired) electrons. The minimum Gasteiger partial charge on any atom is -0.373 e. The summed E-state index contributed by atoms with van der Waals surface area (Å²) in [6.07, 6.45) is 1.85. The number of nitrogens with zero attached hydrogens (tertiary/aromatic N) is 3. The van der Waals surface area contributed by atoms with Crippen molar-refractivity contribution < 1.29 is 0 Å². The molecule has 4 heteroatoms. The third-order valence-corrected chi connectivity index (χ3v) is 3.27. The van der Waals surface area contributed by atoms with Crippen molar-refractivity contribution in [2.45, 2.75) is 26.9 Å². The number of anilines is 1. The molecule has 4 nitrogen and oxygen atoms in total. The van der Waals surface area contributed by atoms with Gasteiger partial charge in [-0.1, -0.05) is 13.0 Å². The summed E-state index contributed by atoms with van der Waals surface area (Å²) < 4.78 is 0. The lowest BCUT2D eigenvalue weighted by molar-refractivity contribution is 0.268. The summed E-state index contributed by atoms with van der Waals surface area (Å²) in [5.41, 5.74) is 3.45. The Hall–Kier alpha value is -1.94. The van der Waals surface area contributed by atoms with E-state index in [0.717, 1.165) is 36.8 Å². The fourth-order valence-corrected chi connectivity index (χ4v) is 2.16. The van der Waals surface area contributed by atoms with E-state index in [1.54, 1.807) is 0 Å². The van der Waals surface area contributed by atoms with Crippen LogP contribution in [0.15, 0.2) is 36.5 Å². The van der Waals surface area contributed by atoms with Crippen molar-refractivity contribution in [2.75, 3.05) is 18.9 Å². The average molecular weight is 270 g/mol. The maximum absolute atomic E-state index is 4.57. The summed E-state index contributed by atoms with van der Waals surface area (Å²) in [5.74, 6) is 0.909. The van der Waals surface area contributed by atoms with Crippen molar-refractivity contribution in [3.8, 4) is 0 Å². The van der Waals surface area contributed by atoms with Gasteiger partial charge < -0.3 is 5.32 Å². The van der Waals surface area contributed by atoms with Crippen molar-refractivity contribution in [1.82, 2.24) is 14.9 Å². The van der Waals surface area contributed by atoms with Crippen molar-refractivity contribution >= 4 is 5.82 Å². The first kappa shape index (κ1) is 14.5. The van der Waals surface area contributed by atoms with Crippen molar-refractivity contribution in [3.63, 3.8) is 0 Å². The van der Waals surface area contributed by atoms with Gasteiger partial charge in [-0.05, 0) is 43.3 Å². The predicted molar refractivity (Wildman–Crippen MR) is 82.5 cm³/mol. The monoisotopic (exact) mass is 270 g/mol. The van der Waals surface area contributed by atoms with Crippen LogP contribution in [0.5, 0.6) is 0 Å². The second-order valence-electron chi connectivity index (χ2n) is 4.87. The molecule has 0 aliphatic carbocycles. The van der Waals surface area contributed by atoms with Gasteiger partial charge >= 0.3 is 0 Å². The average Bonchev–Trinajstić information content (AvgIpc) is 2.47. The van der Waals surface area contributed by atoms with Crippen molar-refractivity contribution in [3.05, 3.63) is 53.5 Å². The Kier molecular flexibility index (Phi) is 5.07. The number of rotatable bonds is 6. The summed E-state index contributed by atoms with van der Waals surface area (Å²) in [6.45, 7) is 6.98. The first-order valence-electron chi connectivity index (χ1n) is 6.99. The van der Waals surface area contributed by atoms with E-state index in [-0.39, 0.29) is 0 Å². The smallest absolute Gasteiger partial charge is 0.125 e. The zero-order valence-corrected chi connectivity index (χ0v) is 12.4. The summed E-state index contributed by atoms with van der Waals surface area (Å²) in [4.78, 5) is 11.2. The fourth-order valence-electron chi connectivity index (χ4n) is 2.16. The molecule has 1 N–H and O–H groups in total. The lowest BCUT2D eigenvalue weighted by Gasteiger charge is -2.20. The number of nitrogens with one attached hydrogen (secondary N) is 1. The van der Waals surface area contributed by atoms with Gasteiger partial charge in [0.2, 0.25) is 0 Å². The zero-order chi connectivity index (χ0) is 14.4. The first-order valence-corrected chi connectivity index (χ1v) is 6.99. The van der Waals surface area contributed by atoms with Crippen LogP contribution >= 0.6 is 0 Å². The highest BCUT2D eigenvalue weighted by Crippen LogP contribution is 2.11. The van der Waals surface area contributed by atoms with E-state index < -0.39 is 0 Å². The molecular weight excluding hydrogens is 248 g/mol. The van der Waals surface area contributed by atoms with Crippen molar-refractivity contribution in [2.24, 2.45) is 0 Å². The number of hydrogen-bond acceptors (Lipinski definition) is 4. The Bertz CT molecular complexity index is 554. The lowest BCUT2D eigenvalue weighted by Crippen LogP contribution is -2.23. The van der Waals surface area contributed by atoms with Gasteiger partial charge in [-0.2, -0.15) is 0 Å². The molecule has 0 aliphatic rings. The van der Waals surface area contributed by atoms with Gasteiger partial charge in [0.15, 0.2) is 0 Å². The van der Waals surface area contributed by atoms with Crippen LogP contribution in [-0.4, -0.2) is 28.5 Å². The quantitative estimate of drug-likeness (QED) is 0.876. The van der Waals surface area contributed by atoms with Crippen LogP contribution in [0, 0.1) is 6.92 Å². The molecule has 0 spiro atoms. The zero-order valence-electron chi connectivity index (χ0n) is 12.4. The number of pyridine rings is 2. The molecule has 0 unspecified atom stereocenters.